The zero-order valence-electron chi connectivity index (χ0n) is 6.45. The van der Waals surface area contributed by atoms with Crippen molar-refractivity contribution >= 4 is 0 Å². The molecule has 3 fully saturated rings. The number of rotatable bonds is 0. The van der Waals surface area contributed by atoms with Crippen LogP contribution in [0.2, 0.25) is 0 Å². The van der Waals surface area contributed by atoms with Gasteiger partial charge in [-0.25, -0.2) is 0 Å². The summed E-state index contributed by atoms with van der Waals surface area (Å²) in [6.07, 6.45) is 3.57. The van der Waals surface area contributed by atoms with Gasteiger partial charge >= 0.3 is 0 Å². The lowest BCUT2D eigenvalue weighted by atomic mass is 9.78. The van der Waals surface area contributed by atoms with E-state index in [1.807, 2.05) is 0 Å². The molecule has 0 aromatic rings. The molecule has 2 bridgehead atoms. The molecule has 2 aliphatic heterocycles. The lowest BCUT2D eigenvalue weighted by Gasteiger charge is -2.46. The summed E-state index contributed by atoms with van der Waals surface area (Å²) in [4.78, 5) is 2.39. The van der Waals surface area contributed by atoms with E-state index < -0.39 is 0 Å². The van der Waals surface area contributed by atoms with E-state index in [4.69, 9.17) is 0 Å². The third-order valence-corrected chi connectivity index (χ3v) is 3.07. The van der Waals surface area contributed by atoms with Crippen LogP contribution in [0.1, 0.15) is 19.3 Å². The van der Waals surface area contributed by atoms with Crippen molar-refractivity contribution in [2.75, 3.05) is 13.6 Å². The smallest absolute Gasteiger partial charge is 0.0595 e. The van der Waals surface area contributed by atoms with Crippen LogP contribution < -0.4 is 0 Å². The van der Waals surface area contributed by atoms with Crippen molar-refractivity contribution in [1.82, 2.24) is 4.90 Å². The Kier molecular flexibility index (Phi) is 1.46. The van der Waals surface area contributed by atoms with Crippen molar-refractivity contribution in [2.24, 2.45) is 5.92 Å². The molecular weight excluding hydrogens is 126 g/mol. The van der Waals surface area contributed by atoms with Crippen LogP contribution in [-0.4, -0.2) is 35.7 Å². The summed E-state index contributed by atoms with van der Waals surface area (Å²) in [5.41, 5.74) is 0. The Labute approximate surface area is 61.8 Å². The quantitative estimate of drug-likeness (QED) is 0.530. The molecule has 2 heterocycles. The van der Waals surface area contributed by atoms with E-state index in [2.05, 4.69) is 11.9 Å². The van der Waals surface area contributed by atoms with Crippen LogP contribution in [0.5, 0.6) is 0 Å². The van der Waals surface area contributed by atoms with Gasteiger partial charge in [-0.15, -0.1) is 0 Å². The van der Waals surface area contributed by atoms with Crippen molar-refractivity contribution in [1.29, 1.82) is 0 Å². The molecule has 0 unspecified atom stereocenters. The van der Waals surface area contributed by atoms with Crippen LogP contribution in [0.15, 0.2) is 0 Å². The summed E-state index contributed by atoms with van der Waals surface area (Å²) < 4.78 is 0. The summed E-state index contributed by atoms with van der Waals surface area (Å²) in [6.45, 7) is 1.12. The highest BCUT2D eigenvalue weighted by Crippen LogP contribution is 2.33. The van der Waals surface area contributed by atoms with Gasteiger partial charge in [0.15, 0.2) is 0 Å². The van der Waals surface area contributed by atoms with Gasteiger partial charge in [-0.05, 0) is 32.2 Å². The highest BCUT2D eigenvalue weighted by Gasteiger charge is 2.37. The van der Waals surface area contributed by atoms with Crippen LogP contribution in [0.3, 0.4) is 0 Å². The van der Waals surface area contributed by atoms with Gasteiger partial charge in [-0.1, -0.05) is 0 Å². The Morgan fingerprint density at radius 1 is 1.40 bits per heavy atom. The molecule has 10 heavy (non-hydrogen) atoms. The lowest BCUT2D eigenvalue weighted by molar-refractivity contribution is -0.0379. The van der Waals surface area contributed by atoms with Crippen molar-refractivity contribution in [3.05, 3.63) is 0 Å². The summed E-state index contributed by atoms with van der Waals surface area (Å²) in [5, 5.41) is 9.49. The molecule has 3 rings (SSSR count). The van der Waals surface area contributed by atoms with Gasteiger partial charge in [0.1, 0.15) is 0 Å². The average molecular weight is 141 g/mol. The van der Waals surface area contributed by atoms with E-state index in [1.165, 1.54) is 12.8 Å². The molecule has 58 valence electrons. The third kappa shape index (κ3) is 0.867. The number of aliphatic hydroxyl groups excluding tert-OH is 1. The monoisotopic (exact) mass is 141 g/mol. The van der Waals surface area contributed by atoms with Gasteiger partial charge in [0.25, 0.3) is 0 Å². The summed E-state index contributed by atoms with van der Waals surface area (Å²) in [5.74, 6) is 0.579. The van der Waals surface area contributed by atoms with Gasteiger partial charge in [0, 0.05) is 12.6 Å². The first-order valence-electron chi connectivity index (χ1n) is 4.15. The molecule has 1 N–H and O–H groups in total. The first-order valence-corrected chi connectivity index (χ1v) is 4.15. The maximum absolute atomic E-state index is 9.49. The van der Waals surface area contributed by atoms with Crippen molar-refractivity contribution in [2.45, 2.75) is 31.4 Å². The summed E-state index contributed by atoms with van der Waals surface area (Å²) in [6, 6.07) is 0.681. The summed E-state index contributed by atoms with van der Waals surface area (Å²) >= 11 is 0. The third-order valence-electron chi connectivity index (χ3n) is 3.07. The normalized spacial score (nSPS) is 48.0. The molecule has 3 atom stereocenters. The van der Waals surface area contributed by atoms with E-state index in [9.17, 15) is 5.11 Å². The Hall–Kier alpha value is -0.0800. The van der Waals surface area contributed by atoms with Gasteiger partial charge in [-0.3, -0.25) is 0 Å². The maximum Gasteiger partial charge on any atom is 0.0595 e. The fourth-order valence-corrected chi connectivity index (χ4v) is 2.32. The molecule has 2 saturated heterocycles. The number of nitrogens with zero attached hydrogens (tertiary/aromatic N) is 1. The number of fused-ring (bicyclic) bond motifs is 3. The molecule has 0 aromatic heterocycles. The van der Waals surface area contributed by atoms with Gasteiger partial charge in [0.2, 0.25) is 0 Å². The molecule has 0 spiro atoms. The van der Waals surface area contributed by atoms with Crippen LogP contribution in [0.25, 0.3) is 0 Å². The van der Waals surface area contributed by atoms with Crippen molar-refractivity contribution < 1.29 is 5.11 Å². The second kappa shape index (κ2) is 2.21. The topological polar surface area (TPSA) is 23.5 Å². The molecular formula is C8H15NO. The molecule has 2 heteroatoms. The van der Waals surface area contributed by atoms with Crippen LogP contribution >= 0.6 is 0 Å². The predicted octanol–water partition coefficient (Wildman–Crippen LogP) is 0.461. The number of aliphatic hydroxyl groups is 1. The van der Waals surface area contributed by atoms with E-state index in [0.29, 0.717) is 12.0 Å². The van der Waals surface area contributed by atoms with Gasteiger partial charge < -0.3 is 10.0 Å². The zero-order chi connectivity index (χ0) is 7.14. The van der Waals surface area contributed by atoms with Crippen molar-refractivity contribution in [3.8, 4) is 0 Å². The average Bonchev–Trinajstić information content (AvgIpc) is 1.91. The highest BCUT2D eigenvalue weighted by atomic mass is 16.3. The van der Waals surface area contributed by atoms with Crippen LogP contribution in [-0.2, 0) is 0 Å². The van der Waals surface area contributed by atoms with E-state index in [0.717, 1.165) is 13.0 Å². The first kappa shape index (κ1) is 6.62. The Balaban J connectivity index is 2.09. The molecule has 0 aromatic carbocycles. The lowest BCUT2D eigenvalue weighted by Crippen LogP contribution is -2.52. The fraction of sp³-hybridized carbons (Fsp3) is 1.00. The fourth-order valence-electron chi connectivity index (χ4n) is 2.32. The Morgan fingerprint density at radius 3 is 2.50 bits per heavy atom. The minimum Gasteiger partial charge on any atom is -0.393 e. The van der Waals surface area contributed by atoms with E-state index in [-0.39, 0.29) is 6.10 Å². The Morgan fingerprint density at radius 2 is 2.20 bits per heavy atom. The highest BCUT2D eigenvalue weighted by molar-refractivity contribution is 4.91. The van der Waals surface area contributed by atoms with Gasteiger partial charge in [0.05, 0.1) is 6.10 Å². The largest absolute Gasteiger partial charge is 0.393 e. The van der Waals surface area contributed by atoms with Crippen LogP contribution in [0.4, 0.5) is 0 Å². The predicted molar refractivity (Wildman–Crippen MR) is 39.8 cm³/mol. The standard InChI is InChI=1S/C8H15NO/c1-9-5-6-2-3-7(9)4-8(6)10/h6-8,10H,2-5H2,1H3/t6-,7-,8+/m1/s1. The maximum atomic E-state index is 9.49. The van der Waals surface area contributed by atoms with E-state index >= 15 is 0 Å². The van der Waals surface area contributed by atoms with Crippen LogP contribution in [0, 0.1) is 5.92 Å². The second-order valence-corrected chi connectivity index (χ2v) is 3.73. The molecule has 1 aliphatic carbocycles. The van der Waals surface area contributed by atoms with Gasteiger partial charge in [-0.2, -0.15) is 0 Å². The molecule has 3 aliphatic rings. The number of hydrogen-bond acceptors (Lipinski definition) is 2. The molecule has 1 saturated carbocycles. The Bertz CT molecular complexity index is 121. The zero-order valence-corrected chi connectivity index (χ0v) is 6.45. The molecule has 2 nitrogen and oxygen atoms in total. The molecule has 0 amide bonds. The minimum absolute atomic E-state index is 0.00921. The summed E-state index contributed by atoms with van der Waals surface area (Å²) in [7, 11) is 2.17. The van der Waals surface area contributed by atoms with E-state index in [1.54, 1.807) is 0 Å². The SMILES string of the molecule is CN1C[C@H]2CC[C@@H]1C[C@@H]2O. The number of hydrogen-bond donors (Lipinski definition) is 1. The first-order chi connectivity index (χ1) is 4.77. The second-order valence-electron chi connectivity index (χ2n) is 3.73. The number of piperidine rings is 2. The molecule has 0 radical (unpaired) electrons. The minimum atomic E-state index is 0.00921. The van der Waals surface area contributed by atoms with Crippen molar-refractivity contribution in [3.63, 3.8) is 0 Å².